The Morgan fingerprint density at radius 1 is 1.44 bits per heavy atom. The maximum Gasteiger partial charge on any atom is 0.334 e. The average Bonchev–Trinajstić information content (AvgIpc) is 2.85. The molecule has 25 heavy (non-hydrogen) atoms. The molecule has 0 aromatic rings. The van der Waals surface area contributed by atoms with Crippen molar-refractivity contribution in [2.45, 2.75) is 44.8 Å². The third-order valence-corrected chi connectivity index (χ3v) is 4.81. The minimum absolute atomic E-state index is 0.0437. The van der Waals surface area contributed by atoms with Crippen molar-refractivity contribution < 1.29 is 29.3 Å². The Labute approximate surface area is 147 Å². The summed E-state index contributed by atoms with van der Waals surface area (Å²) in [4.78, 5) is 24.1. The van der Waals surface area contributed by atoms with Gasteiger partial charge in [0.15, 0.2) is 0 Å². The second kappa shape index (κ2) is 8.45. The maximum absolute atomic E-state index is 12.1. The molecule has 1 aliphatic carbocycles. The van der Waals surface area contributed by atoms with E-state index in [1.165, 1.54) is 0 Å². The van der Waals surface area contributed by atoms with Crippen LogP contribution >= 0.6 is 0 Å². The van der Waals surface area contributed by atoms with E-state index in [2.05, 4.69) is 13.2 Å². The van der Waals surface area contributed by atoms with Crippen LogP contribution in [-0.2, 0) is 19.1 Å². The standard InChI is InChI=1S/C19H26O6/c1-11(2)18(22)24-15-7-13(9-20)5-4-6-14(10-21)8-16-17(15)12(3)19(23)25-16/h8,13,15-17,20-21H,1,3-7,9-10H2,2H3/b14-8+. The minimum atomic E-state index is -0.653. The summed E-state index contributed by atoms with van der Waals surface area (Å²) in [7, 11) is 0. The number of esters is 2. The van der Waals surface area contributed by atoms with Crippen LogP contribution in [-0.4, -0.2) is 47.6 Å². The van der Waals surface area contributed by atoms with Crippen molar-refractivity contribution in [1.82, 2.24) is 0 Å². The van der Waals surface area contributed by atoms with Crippen LogP contribution in [0.1, 0.15) is 32.6 Å². The Balaban J connectivity index is 2.39. The van der Waals surface area contributed by atoms with Crippen molar-refractivity contribution in [3.63, 3.8) is 0 Å². The Hall–Kier alpha value is -1.92. The summed E-state index contributed by atoms with van der Waals surface area (Å²) in [6.07, 6.45) is 3.04. The van der Waals surface area contributed by atoms with E-state index >= 15 is 0 Å². The summed E-state index contributed by atoms with van der Waals surface area (Å²) in [6.45, 7) is 8.78. The van der Waals surface area contributed by atoms with Gasteiger partial charge in [0.05, 0.1) is 12.5 Å². The topological polar surface area (TPSA) is 93.1 Å². The summed E-state index contributed by atoms with van der Waals surface area (Å²) >= 11 is 0. The summed E-state index contributed by atoms with van der Waals surface area (Å²) in [5, 5.41) is 19.2. The van der Waals surface area contributed by atoms with Gasteiger partial charge in [0, 0.05) is 17.8 Å². The zero-order valence-corrected chi connectivity index (χ0v) is 14.6. The quantitative estimate of drug-likeness (QED) is 0.455. The predicted molar refractivity (Wildman–Crippen MR) is 91.4 cm³/mol. The van der Waals surface area contributed by atoms with Gasteiger partial charge in [0.25, 0.3) is 0 Å². The lowest BCUT2D eigenvalue weighted by molar-refractivity contribution is -0.148. The second-order valence-electron chi connectivity index (χ2n) is 6.80. The first-order valence-corrected chi connectivity index (χ1v) is 8.54. The highest BCUT2D eigenvalue weighted by Crippen LogP contribution is 2.37. The van der Waals surface area contributed by atoms with Crippen molar-refractivity contribution in [1.29, 1.82) is 0 Å². The van der Waals surface area contributed by atoms with Crippen LogP contribution in [0.3, 0.4) is 0 Å². The highest BCUT2D eigenvalue weighted by atomic mass is 16.6. The van der Waals surface area contributed by atoms with Crippen LogP contribution in [0.5, 0.6) is 0 Å². The van der Waals surface area contributed by atoms with Gasteiger partial charge < -0.3 is 19.7 Å². The largest absolute Gasteiger partial charge is 0.458 e. The van der Waals surface area contributed by atoms with Crippen molar-refractivity contribution in [2.24, 2.45) is 11.8 Å². The third kappa shape index (κ3) is 4.58. The molecule has 4 unspecified atom stereocenters. The fraction of sp³-hybridized carbons (Fsp3) is 0.579. The van der Waals surface area contributed by atoms with E-state index in [9.17, 15) is 19.8 Å². The van der Waals surface area contributed by atoms with Gasteiger partial charge in [-0.15, -0.1) is 0 Å². The number of rotatable bonds is 4. The molecule has 1 saturated heterocycles. The molecule has 0 amide bonds. The Morgan fingerprint density at radius 3 is 2.76 bits per heavy atom. The van der Waals surface area contributed by atoms with Gasteiger partial charge >= 0.3 is 11.9 Å². The van der Waals surface area contributed by atoms with Crippen molar-refractivity contribution in [3.8, 4) is 0 Å². The van der Waals surface area contributed by atoms with Crippen LogP contribution in [0.2, 0.25) is 0 Å². The van der Waals surface area contributed by atoms with E-state index in [1.807, 2.05) is 0 Å². The molecule has 2 rings (SSSR count). The monoisotopic (exact) mass is 350 g/mol. The fourth-order valence-electron chi connectivity index (χ4n) is 3.36. The molecule has 1 heterocycles. The molecule has 6 nitrogen and oxygen atoms in total. The first-order chi connectivity index (χ1) is 11.9. The number of ether oxygens (including phenoxy) is 2. The number of aliphatic hydroxyl groups is 2. The van der Waals surface area contributed by atoms with Gasteiger partial charge in [-0.2, -0.15) is 0 Å². The Bertz CT molecular complexity index is 591. The molecular weight excluding hydrogens is 324 g/mol. The van der Waals surface area contributed by atoms with Crippen molar-refractivity contribution in [3.05, 3.63) is 36.0 Å². The average molecular weight is 350 g/mol. The Kier molecular flexibility index (Phi) is 6.56. The lowest BCUT2D eigenvalue weighted by atomic mass is 9.82. The molecule has 0 aromatic carbocycles. The van der Waals surface area contributed by atoms with Crippen molar-refractivity contribution >= 4 is 11.9 Å². The summed E-state index contributed by atoms with van der Waals surface area (Å²) < 4.78 is 11.0. The Morgan fingerprint density at radius 2 is 2.16 bits per heavy atom. The van der Waals surface area contributed by atoms with Crippen LogP contribution in [0, 0.1) is 11.8 Å². The number of fused-ring (bicyclic) bond motifs is 1. The van der Waals surface area contributed by atoms with E-state index in [-0.39, 0.29) is 30.3 Å². The highest BCUT2D eigenvalue weighted by molar-refractivity contribution is 5.91. The molecule has 6 heteroatoms. The highest BCUT2D eigenvalue weighted by Gasteiger charge is 2.45. The molecule has 0 saturated carbocycles. The first kappa shape index (κ1) is 19.4. The predicted octanol–water partition coefficient (Wildman–Crippen LogP) is 1.67. The zero-order chi connectivity index (χ0) is 18.6. The van der Waals surface area contributed by atoms with Gasteiger partial charge in [0.1, 0.15) is 12.2 Å². The summed E-state index contributed by atoms with van der Waals surface area (Å²) in [5.74, 6) is -1.69. The molecule has 138 valence electrons. The molecule has 0 aromatic heterocycles. The molecule has 1 aliphatic heterocycles. The molecule has 0 radical (unpaired) electrons. The minimum Gasteiger partial charge on any atom is -0.458 e. The second-order valence-corrected chi connectivity index (χ2v) is 6.80. The fourth-order valence-corrected chi connectivity index (χ4v) is 3.36. The number of aliphatic hydroxyl groups excluding tert-OH is 2. The molecule has 4 atom stereocenters. The van der Waals surface area contributed by atoms with E-state index in [0.717, 1.165) is 18.4 Å². The smallest absolute Gasteiger partial charge is 0.334 e. The number of carbonyl (C=O) groups is 2. The first-order valence-electron chi connectivity index (χ1n) is 8.54. The van der Waals surface area contributed by atoms with E-state index < -0.39 is 30.1 Å². The van der Waals surface area contributed by atoms with Gasteiger partial charge in [-0.05, 0) is 50.2 Å². The van der Waals surface area contributed by atoms with Gasteiger partial charge in [-0.1, -0.05) is 13.2 Å². The van der Waals surface area contributed by atoms with Crippen LogP contribution in [0.4, 0.5) is 0 Å². The number of hydrogen-bond acceptors (Lipinski definition) is 6. The molecular formula is C19H26O6. The molecule has 2 aliphatic rings. The van der Waals surface area contributed by atoms with Gasteiger partial charge in [-0.3, -0.25) is 0 Å². The van der Waals surface area contributed by atoms with Crippen LogP contribution in [0.25, 0.3) is 0 Å². The zero-order valence-electron chi connectivity index (χ0n) is 14.6. The molecule has 1 fully saturated rings. The van der Waals surface area contributed by atoms with Gasteiger partial charge in [-0.25, -0.2) is 9.59 Å². The normalized spacial score (nSPS) is 32.2. The number of carbonyl (C=O) groups excluding carboxylic acids is 2. The van der Waals surface area contributed by atoms with Crippen molar-refractivity contribution in [2.75, 3.05) is 13.2 Å². The third-order valence-electron chi connectivity index (χ3n) is 4.81. The summed E-state index contributed by atoms with van der Waals surface area (Å²) in [6, 6.07) is 0. The molecule has 2 N–H and O–H groups in total. The van der Waals surface area contributed by atoms with E-state index in [4.69, 9.17) is 9.47 Å². The summed E-state index contributed by atoms with van der Waals surface area (Å²) in [5.41, 5.74) is 1.27. The van der Waals surface area contributed by atoms with E-state index in [0.29, 0.717) is 12.8 Å². The van der Waals surface area contributed by atoms with E-state index in [1.54, 1.807) is 13.0 Å². The maximum atomic E-state index is 12.1. The molecule has 0 bridgehead atoms. The lowest BCUT2D eigenvalue weighted by Gasteiger charge is -2.30. The van der Waals surface area contributed by atoms with Crippen LogP contribution in [0.15, 0.2) is 36.0 Å². The molecule has 0 spiro atoms. The SMILES string of the molecule is C=C(C)C(=O)OC1CC(CO)CCC/C(CO)=C\C2OC(=O)C(=C)C21. The van der Waals surface area contributed by atoms with Crippen LogP contribution < -0.4 is 0 Å². The van der Waals surface area contributed by atoms with Gasteiger partial charge in [0.2, 0.25) is 0 Å². The lowest BCUT2D eigenvalue weighted by Crippen LogP contribution is -2.35. The number of hydrogen-bond donors (Lipinski definition) is 2.